The summed E-state index contributed by atoms with van der Waals surface area (Å²) in [6.45, 7) is 11.5. The zero-order chi connectivity index (χ0) is 16.1. The van der Waals surface area contributed by atoms with Gasteiger partial charge in [0.15, 0.2) is 5.78 Å². The van der Waals surface area contributed by atoms with Gasteiger partial charge in [-0.3, -0.25) is 4.79 Å². The average molecular weight is 319 g/mol. The highest BCUT2D eigenvalue weighted by molar-refractivity contribution is 6.74. The molecule has 3 aliphatic carbocycles. The quantitative estimate of drug-likeness (QED) is 0.652. The molecule has 0 heterocycles. The van der Waals surface area contributed by atoms with Crippen molar-refractivity contribution in [3.63, 3.8) is 0 Å². The molecule has 0 amide bonds. The van der Waals surface area contributed by atoms with Crippen LogP contribution in [0.5, 0.6) is 0 Å². The van der Waals surface area contributed by atoms with E-state index in [0.29, 0.717) is 17.6 Å². The fraction of sp³-hybridized carbons (Fsp3) is 0.737. The molecule has 1 saturated carbocycles. The lowest BCUT2D eigenvalue weighted by atomic mass is 9.67. The van der Waals surface area contributed by atoms with Gasteiger partial charge >= 0.3 is 0 Å². The van der Waals surface area contributed by atoms with E-state index in [1.54, 1.807) is 5.57 Å². The predicted octanol–water partition coefficient (Wildman–Crippen LogP) is 5.23. The molecule has 2 nitrogen and oxygen atoms in total. The van der Waals surface area contributed by atoms with Crippen LogP contribution in [0.25, 0.3) is 0 Å². The fourth-order valence-corrected chi connectivity index (χ4v) is 5.15. The van der Waals surface area contributed by atoms with E-state index in [-0.39, 0.29) is 11.0 Å². The molecule has 0 aromatic rings. The molecule has 3 rings (SSSR count). The van der Waals surface area contributed by atoms with Crippen molar-refractivity contribution in [1.82, 2.24) is 0 Å². The van der Waals surface area contributed by atoms with Gasteiger partial charge in [0.25, 0.3) is 0 Å². The van der Waals surface area contributed by atoms with Gasteiger partial charge in [0, 0.05) is 12.3 Å². The van der Waals surface area contributed by atoms with E-state index in [0.717, 1.165) is 6.42 Å². The SMILES string of the molecule is CC(C)(C)[Si](C)(C)OC1=C2CCCC[C@H]2[C@@H]2C=CC(=O)[C@H]2C1. The largest absolute Gasteiger partial charge is 0.547 e. The summed E-state index contributed by atoms with van der Waals surface area (Å²) in [5, 5.41) is 0.208. The molecule has 3 atom stereocenters. The van der Waals surface area contributed by atoms with Crippen molar-refractivity contribution in [3.05, 3.63) is 23.5 Å². The van der Waals surface area contributed by atoms with E-state index in [1.165, 1.54) is 31.4 Å². The second-order valence-corrected chi connectivity index (χ2v) is 13.5. The van der Waals surface area contributed by atoms with Gasteiger partial charge in [0.05, 0.1) is 5.76 Å². The first-order chi connectivity index (χ1) is 10.2. The number of hydrogen-bond acceptors (Lipinski definition) is 2. The van der Waals surface area contributed by atoms with E-state index in [4.69, 9.17) is 4.43 Å². The van der Waals surface area contributed by atoms with Gasteiger partial charge < -0.3 is 4.43 Å². The highest BCUT2D eigenvalue weighted by Crippen LogP contribution is 2.50. The fourth-order valence-electron chi connectivity index (χ4n) is 4.01. The summed E-state index contributed by atoms with van der Waals surface area (Å²) < 4.78 is 6.71. The Kier molecular flexibility index (Phi) is 3.91. The van der Waals surface area contributed by atoms with Crippen LogP contribution in [0.2, 0.25) is 18.1 Å². The molecule has 0 N–H and O–H groups in total. The zero-order valence-electron chi connectivity index (χ0n) is 14.7. The second-order valence-electron chi connectivity index (χ2n) is 8.81. The van der Waals surface area contributed by atoms with Gasteiger partial charge in [-0.2, -0.15) is 0 Å². The first kappa shape index (κ1) is 16.0. The molecule has 0 saturated heterocycles. The van der Waals surface area contributed by atoms with Crippen LogP contribution in [-0.2, 0) is 9.22 Å². The lowest BCUT2D eigenvalue weighted by Crippen LogP contribution is -2.43. The maximum atomic E-state index is 12.2. The Labute approximate surface area is 136 Å². The van der Waals surface area contributed by atoms with Crippen LogP contribution in [0.1, 0.15) is 52.9 Å². The normalized spacial score (nSPS) is 32.0. The molecule has 0 unspecified atom stereocenters. The summed E-state index contributed by atoms with van der Waals surface area (Å²) in [5.41, 5.74) is 1.55. The van der Waals surface area contributed by atoms with Crippen molar-refractivity contribution in [2.75, 3.05) is 0 Å². The zero-order valence-corrected chi connectivity index (χ0v) is 15.7. The first-order valence-corrected chi connectivity index (χ1v) is 11.7. The van der Waals surface area contributed by atoms with Gasteiger partial charge in [0.1, 0.15) is 0 Å². The number of rotatable bonds is 2. The Bertz CT molecular complexity index is 536. The highest BCUT2D eigenvalue weighted by atomic mass is 28.4. The van der Waals surface area contributed by atoms with Gasteiger partial charge in [0.2, 0.25) is 8.32 Å². The third kappa shape index (κ3) is 2.62. The molecule has 0 radical (unpaired) electrons. The average Bonchev–Trinajstić information content (AvgIpc) is 2.79. The van der Waals surface area contributed by atoms with Crippen molar-refractivity contribution >= 4 is 14.1 Å². The lowest BCUT2D eigenvalue weighted by Gasteiger charge is -2.44. The Morgan fingerprint density at radius 1 is 1.18 bits per heavy atom. The van der Waals surface area contributed by atoms with Crippen LogP contribution in [-0.4, -0.2) is 14.1 Å². The van der Waals surface area contributed by atoms with Gasteiger partial charge in [-0.15, -0.1) is 0 Å². The molecule has 22 heavy (non-hydrogen) atoms. The number of ketones is 1. The van der Waals surface area contributed by atoms with Crippen molar-refractivity contribution in [1.29, 1.82) is 0 Å². The van der Waals surface area contributed by atoms with Gasteiger partial charge in [-0.05, 0) is 60.9 Å². The summed E-state index contributed by atoms with van der Waals surface area (Å²) in [6.07, 6.45) is 9.86. The van der Waals surface area contributed by atoms with Crippen molar-refractivity contribution in [2.45, 2.75) is 71.0 Å². The molecule has 1 fully saturated rings. The maximum Gasteiger partial charge on any atom is 0.250 e. The van der Waals surface area contributed by atoms with Crippen LogP contribution in [0.3, 0.4) is 0 Å². The molecule has 122 valence electrons. The van der Waals surface area contributed by atoms with E-state index in [1.807, 2.05) is 6.08 Å². The smallest absolute Gasteiger partial charge is 0.250 e. The van der Waals surface area contributed by atoms with E-state index in [2.05, 4.69) is 39.9 Å². The molecular formula is C19H30O2Si. The summed E-state index contributed by atoms with van der Waals surface area (Å²) >= 11 is 0. The molecule has 0 aliphatic heterocycles. The molecular weight excluding hydrogens is 288 g/mol. The molecule has 3 aliphatic rings. The Morgan fingerprint density at radius 2 is 1.91 bits per heavy atom. The topological polar surface area (TPSA) is 26.3 Å². The second kappa shape index (κ2) is 5.36. The summed E-state index contributed by atoms with van der Waals surface area (Å²) in [6, 6.07) is 0. The summed E-state index contributed by atoms with van der Waals surface area (Å²) in [4.78, 5) is 12.2. The van der Waals surface area contributed by atoms with Crippen molar-refractivity contribution in [3.8, 4) is 0 Å². The van der Waals surface area contributed by atoms with Crippen LogP contribution in [0.4, 0.5) is 0 Å². The third-order valence-corrected chi connectivity index (χ3v) is 10.8. The van der Waals surface area contributed by atoms with Gasteiger partial charge in [-0.25, -0.2) is 0 Å². The van der Waals surface area contributed by atoms with Gasteiger partial charge in [-0.1, -0.05) is 33.3 Å². The molecule has 0 bridgehead atoms. The standard InChI is InChI=1S/C19H30O2Si/c1-19(2,3)22(4,5)21-18-12-16-14(10-11-17(16)20)13-8-6-7-9-15(13)18/h10-11,13-14,16H,6-9,12H2,1-5H3/t13-,14-,16-/m0/s1. The van der Waals surface area contributed by atoms with Crippen LogP contribution >= 0.6 is 0 Å². The number of allylic oxidation sites excluding steroid dienone is 4. The van der Waals surface area contributed by atoms with E-state index >= 15 is 0 Å². The Balaban J connectivity index is 1.93. The summed E-state index contributed by atoms with van der Waals surface area (Å²) in [7, 11) is -1.82. The number of carbonyl (C=O) groups is 1. The third-order valence-electron chi connectivity index (χ3n) is 6.38. The first-order valence-electron chi connectivity index (χ1n) is 8.84. The van der Waals surface area contributed by atoms with Crippen LogP contribution in [0, 0.1) is 17.8 Å². The Hall–Kier alpha value is -0.833. The Morgan fingerprint density at radius 3 is 2.59 bits per heavy atom. The number of carbonyl (C=O) groups excluding carboxylic acids is 1. The van der Waals surface area contributed by atoms with Crippen LogP contribution < -0.4 is 0 Å². The minimum Gasteiger partial charge on any atom is -0.547 e. The molecule has 0 aromatic heterocycles. The highest BCUT2D eigenvalue weighted by Gasteiger charge is 2.46. The molecule has 0 aromatic carbocycles. The minimum atomic E-state index is -1.82. The number of hydrogen-bond donors (Lipinski definition) is 0. The molecule has 3 heteroatoms. The number of fused-ring (bicyclic) bond motifs is 3. The molecule has 0 spiro atoms. The lowest BCUT2D eigenvalue weighted by molar-refractivity contribution is -0.119. The predicted molar refractivity (Wildman–Crippen MR) is 93.0 cm³/mol. The van der Waals surface area contributed by atoms with Crippen molar-refractivity contribution in [2.24, 2.45) is 17.8 Å². The van der Waals surface area contributed by atoms with Crippen molar-refractivity contribution < 1.29 is 9.22 Å². The van der Waals surface area contributed by atoms with E-state index in [9.17, 15) is 4.79 Å². The monoisotopic (exact) mass is 318 g/mol. The maximum absolute atomic E-state index is 12.2. The minimum absolute atomic E-state index is 0.159. The van der Waals surface area contributed by atoms with E-state index < -0.39 is 8.32 Å². The van der Waals surface area contributed by atoms with Crippen LogP contribution in [0.15, 0.2) is 23.5 Å². The summed E-state index contributed by atoms with van der Waals surface area (Å²) in [5.74, 6) is 2.71.